The number of furan rings is 1. The fourth-order valence-corrected chi connectivity index (χ4v) is 11.5. The molecule has 0 spiro atoms. The van der Waals surface area contributed by atoms with E-state index in [-0.39, 0.29) is 11.8 Å². The Morgan fingerprint density at radius 1 is 0.273 bits per heavy atom. The van der Waals surface area contributed by atoms with Crippen molar-refractivity contribution in [1.29, 1.82) is 0 Å². The zero-order valence-electron chi connectivity index (χ0n) is 43.9. The smallest absolute Gasteiger partial charge is 0.136 e. The highest BCUT2D eigenvalue weighted by atomic mass is 16.3. The van der Waals surface area contributed by atoms with E-state index in [1.54, 1.807) is 0 Å². The number of rotatable bonds is 12. The van der Waals surface area contributed by atoms with E-state index in [2.05, 4.69) is 304 Å². The van der Waals surface area contributed by atoms with E-state index in [0.717, 1.165) is 66.2 Å². The van der Waals surface area contributed by atoms with Gasteiger partial charge in [-0.05, 0) is 151 Å². The van der Waals surface area contributed by atoms with Crippen molar-refractivity contribution in [2.45, 2.75) is 39.5 Å². The van der Waals surface area contributed by atoms with Crippen LogP contribution in [0.1, 0.15) is 50.7 Å². The Labute approximate surface area is 451 Å². The van der Waals surface area contributed by atoms with Crippen LogP contribution in [0.25, 0.3) is 88.0 Å². The highest BCUT2D eigenvalue weighted by Crippen LogP contribution is 2.49. The van der Waals surface area contributed by atoms with Gasteiger partial charge in [0.1, 0.15) is 11.2 Å². The van der Waals surface area contributed by atoms with Crippen LogP contribution < -0.4 is 9.80 Å². The maximum absolute atomic E-state index is 6.95. The Morgan fingerprint density at radius 2 is 0.610 bits per heavy atom. The Bertz CT molecular complexity index is 3960. The second kappa shape index (κ2) is 20.0. The number of hydrogen-bond donors (Lipinski definition) is 0. The van der Waals surface area contributed by atoms with Gasteiger partial charge in [-0.3, -0.25) is 0 Å². The molecular formula is C74H58N2O. The third-order valence-electron chi connectivity index (χ3n) is 15.3. The van der Waals surface area contributed by atoms with Crippen LogP contribution in [0.2, 0.25) is 0 Å². The topological polar surface area (TPSA) is 19.6 Å². The predicted molar refractivity (Wildman–Crippen MR) is 328 cm³/mol. The van der Waals surface area contributed by atoms with E-state index in [0.29, 0.717) is 0 Å². The number of para-hydroxylation sites is 2. The zero-order valence-corrected chi connectivity index (χ0v) is 43.9. The van der Waals surface area contributed by atoms with Crippen LogP contribution in [0.3, 0.4) is 0 Å². The van der Waals surface area contributed by atoms with Gasteiger partial charge in [-0.25, -0.2) is 0 Å². The molecule has 12 aromatic carbocycles. The molecule has 0 unspecified atom stereocenters. The minimum atomic E-state index is 0.277. The summed E-state index contributed by atoms with van der Waals surface area (Å²) in [4.78, 5) is 4.92. The highest BCUT2D eigenvalue weighted by molar-refractivity contribution is 6.14. The second-order valence-electron chi connectivity index (χ2n) is 20.9. The van der Waals surface area contributed by atoms with Crippen molar-refractivity contribution in [1.82, 2.24) is 0 Å². The third kappa shape index (κ3) is 8.90. The van der Waals surface area contributed by atoms with Gasteiger partial charge in [0, 0.05) is 44.6 Å². The molecule has 1 aromatic heterocycles. The molecular weight excluding hydrogens is 933 g/mol. The van der Waals surface area contributed by atoms with Crippen LogP contribution in [0.15, 0.2) is 271 Å². The summed E-state index contributed by atoms with van der Waals surface area (Å²) in [7, 11) is 0. The molecule has 13 rings (SSSR count). The fourth-order valence-electron chi connectivity index (χ4n) is 11.5. The molecule has 3 heteroatoms. The van der Waals surface area contributed by atoms with Crippen LogP contribution in [0.4, 0.5) is 34.1 Å². The molecule has 0 saturated carbocycles. The molecule has 0 fully saturated rings. The lowest BCUT2D eigenvalue weighted by Gasteiger charge is -2.31. The lowest BCUT2D eigenvalue weighted by Crippen LogP contribution is -2.14. The lowest BCUT2D eigenvalue weighted by molar-refractivity contribution is 0.670. The van der Waals surface area contributed by atoms with Crippen molar-refractivity contribution in [3.05, 3.63) is 278 Å². The van der Waals surface area contributed by atoms with Crippen LogP contribution in [-0.2, 0) is 0 Å². The predicted octanol–water partition coefficient (Wildman–Crippen LogP) is 21.7. The molecule has 13 aromatic rings. The zero-order chi connectivity index (χ0) is 52.0. The summed E-state index contributed by atoms with van der Waals surface area (Å²) < 4.78 is 6.95. The van der Waals surface area contributed by atoms with E-state index in [1.807, 2.05) is 0 Å². The van der Waals surface area contributed by atoms with Crippen molar-refractivity contribution < 1.29 is 4.42 Å². The monoisotopic (exact) mass is 990 g/mol. The molecule has 0 N–H and O–H groups in total. The molecule has 0 aliphatic rings. The summed E-state index contributed by atoms with van der Waals surface area (Å²) in [6.07, 6.45) is 0. The largest absolute Gasteiger partial charge is 0.456 e. The van der Waals surface area contributed by atoms with Crippen LogP contribution in [-0.4, -0.2) is 0 Å². The molecule has 1 heterocycles. The first-order chi connectivity index (χ1) is 37.8. The van der Waals surface area contributed by atoms with Gasteiger partial charge in [-0.15, -0.1) is 0 Å². The van der Waals surface area contributed by atoms with Crippen molar-refractivity contribution in [3.63, 3.8) is 0 Å². The number of hydrogen-bond acceptors (Lipinski definition) is 3. The van der Waals surface area contributed by atoms with Gasteiger partial charge in [-0.1, -0.05) is 222 Å². The van der Waals surface area contributed by atoms with Gasteiger partial charge in [0.2, 0.25) is 0 Å². The summed E-state index contributed by atoms with van der Waals surface area (Å²) >= 11 is 0. The molecule has 0 radical (unpaired) electrons. The van der Waals surface area contributed by atoms with Crippen molar-refractivity contribution in [2.75, 3.05) is 9.80 Å². The maximum atomic E-state index is 6.95. The average molecular weight is 991 g/mol. The first-order valence-electron chi connectivity index (χ1n) is 26.9. The normalized spacial score (nSPS) is 11.6. The molecule has 0 aliphatic heterocycles. The van der Waals surface area contributed by atoms with Gasteiger partial charge in [-0.2, -0.15) is 0 Å². The Kier molecular flexibility index (Phi) is 12.3. The fraction of sp³-hybridized carbons (Fsp3) is 0.0811. The van der Waals surface area contributed by atoms with E-state index in [9.17, 15) is 0 Å². The molecule has 0 aliphatic carbocycles. The van der Waals surface area contributed by atoms with E-state index >= 15 is 0 Å². The minimum Gasteiger partial charge on any atom is -0.456 e. The average Bonchev–Trinajstić information content (AvgIpc) is 3.96. The maximum Gasteiger partial charge on any atom is 0.136 e. The summed E-state index contributed by atoms with van der Waals surface area (Å²) in [6.45, 7) is 9.17. The Hall–Kier alpha value is -9.44. The highest BCUT2D eigenvalue weighted by Gasteiger charge is 2.25. The molecule has 77 heavy (non-hydrogen) atoms. The molecule has 370 valence electrons. The summed E-state index contributed by atoms with van der Waals surface area (Å²) in [5.74, 6) is 0.554. The Morgan fingerprint density at radius 3 is 0.974 bits per heavy atom. The van der Waals surface area contributed by atoms with E-state index in [1.165, 1.54) is 67.0 Å². The van der Waals surface area contributed by atoms with Crippen LogP contribution >= 0.6 is 0 Å². The number of benzene rings is 12. The molecule has 0 atom stereocenters. The van der Waals surface area contributed by atoms with Gasteiger partial charge in [0.25, 0.3) is 0 Å². The number of fused-ring (bicyclic) bond motifs is 5. The molecule has 0 bridgehead atoms. The van der Waals surface area contributed by atoms with Crippen LogP contribution in [0.5, 0.6) is 0 Å². The summed E-state index contributed by atoms with van der Waals surface area (Å²) in [5, 5.41) is 6.76. The molecule has 0 saturated heterocycles. The first kappa shape index (κ1) is 47.3. The Balaban J connectivity index is 0.946. The van der Waals surface area contributed by atoms with Crippen molar-refractivity contribution in [2.24, 2.45) is 0 Å². The summed E-state index contributed by atoms with van der Waals surface area (Å²) in [6, 6.07) is 97.3. The lowest BCUT2D eigenvalue weighted by atomic mass is 9.92. The number of nitrogens with zero attached hydrogens (tertiary/aromatic N) is 2. The summed E-state index contributed by atoms with van der Waals surface area (Å²) in [5.41, 5.74) is 20.5. The number of anilines is 6. The van der Waals surface area contributed by atoms with E-state index < -0.39 is 0 Å². The second-order valence-corrected chi connectivity index (χ2v) is 20.9. The van der Waals surface area contributed by atoms with Gasteiger partial charge in [0.15, 0.2) is 0 Å². The minimum absolute atomic E-state index is 0.277. The quantitative estimate of drug-likeness (QED) is 0.122. The van der Waals surface area contributed by atoms with Crippen molar-refractivity contribution in [3.8, 4) is 44.5 Å². The van der Waals surface area contributed by atoms with Gasteiger partial charge in [0.05, 0.1) is 11.4 Å². The van der Waals surface area contributed by atoms with Gasteiger partial charge < -0.3 is 14.2 Å². The SMILES string of the molecule is CC(C)c1cccc(-c2ccccc2)c1N(c1ccc(-c2ccccc2)cc1)c1ccc2cc3c(cc2c1)oc1cc2cc(N(c4ccc(-c5ccccc5)cc4)c4c(-c5ccccc5)cccc4C(C)C)ccc2cc13. The first-order valence-corrected chi connectivity index (χ1v) is 26.9. The standard InChI is InChI=1S/C74H58N2O/c1-49(2)65-27-17-29-67(55-23-13-7-14-24-55)73(65)75(61-37-31-53(32-38-61)51-19-9-5-10-20-51)63-41-35-57-45-69-70-46-58-36-42-64(44-60(58)48-72(70)77-71(69)47-59(57)43-63)76(62-39-33-54(34-40-62)52-21-11-6-12-22-52)74-66(50(3)4)28-18-30-68(74)56-25-15-8-16-26-56/h5-50H,1-4H3. The van der Waals surface area contributed by atoms with E-state index in [4.69, 9.17) is 4.42 Å². The van der Waals surface area contributed by atoms with Gasteiger partial charge >= 0.3 is 0 Å². The molecule has 3 nitrogen and oxygen atoms in total. The van der Waals surface area contributed by atoms with Crippen LogP contribution in [0, 0.1) is 0 Å². The molecule has 0 amide bonds. The van der Waals surface area contributed by atoms with Crippen molar-refractivity contribution >= 4 is 77.6 Å². The third-order valence-corrected chi connectivity index (χ3v) is 15.3.